The van der Waals surface area contributed by atoms with Crippen molar-refractivity contribution in [1.29, 1.82) is 0 Å². The third-order valence-corrected chi connectivity index (χ3v) is 5.06. The van der Waals surface area contributed by atoms with Gasteiger partial charge < -0.3 is 24.6 Å². The van der Waals surface area contributed by atoms with E-state index in [1.165, 1.54) is 0 Å². The molecule has 28 heavy (non-hydrogen) atoms. The molecule has 148 valence electrons. The zero-order valence-corrected chi connectivity index (χ0v) is 16.2. The Hall–Kier alpha value is -2.80. The van der Waals surface area contributed by atoms with E-state index in [-0.39, 0.29) is 30.5 Å². The number of fused-ring (bicyclic) bond motifs is 1. The number of carbonyl (C=O) groups is 1. The van der Waals surface area contributed by atoms with Crippen LogP contribution in [0.5, 0.6) is 5.75 Å². The first-order chi connectivity index (χ1) is 13.4. The van der Waals surface area contributed by atoms with Gasteiger partial charge in [-0.05, 0) is 44.2 Å². The van der Waals surface area contributed by atoms with Gasteiger partial charge in [-0.1, -0.05) is 0 Å². The summed E-state index contributed by atoms with van der Waals surface area (Å²) in [6.07, 6.45) is 0.232. The van der Waals surface area contributed by atoms with Crippen LogP contribution in [0.4, 0.5) is 27.1 Å². The lowest BCUT2D eigenvalue weighted by atomic mass is 10.1. The number of rotatable bonds is 3. The van der Waals surface area contributed by atoms with Crippen LogP contribution < -0.4 is 19.9 Å². The van der Waals surface area contributed by atoms with E-state index in [4.69, 9.17) is 9.47 Å². The monoisotopic (exact) mass is 385 g/mol. The fourth-order valence-electron chi connectivity index (χ4n) is 3.70. The largest absolute Gasteiger partial charge is 0.481 e. The fraction of sp³-hybridized carbons (Fsp3) is 0.381. The first-order valence-corrected chi connectivity index (χ1v) is 9.41. The van der Waals surface area contributed by atoms with Crippen molar-refractivity contribution >= 4 is 28.7 Å². The minimum atomic E-state index is -0.324. The molecular formula is C21H24FN3O3. The van der Waals surface area contributed by atoms with Crippen molar-refractivity contribution in [2.24, 2.45) is 0 Å². The van der Waals surface area contributed by atoms with E-state index in [0.29, 0.717) is 22.8 Å². The summed E-state index contributed by atoms with van der Waals surface area (Å²) in [6.45, 7) is 5.54. The van der Waals surface area contributed by atoms with Gasteiger partial charge >= 0.3 is 0 Å². The molecule has 2 unspecified atom stereocenters. The van der Waals surface area contributed by atoms with Gasteiger partial charge in [-0.15, -0.1) is 0 Å². The van der Waals surface area contributed by atoms with Gasteiger partial charge in [0.05, 0.1) is 23.6 Å². The first kappa shape index (κ1) is 18.6. The Labute approximate surface area is 163 Å². The fourth-order valence-corrected chi connectivity index (χ4v) is 3.70. The molecule has 4 rings (SSSR count). The topological polar surface area (TPSA) is 54.0 Å². The van der Waals surface area contributed by atoms with Gasteiger partial charge in [-0.3, -0.25) is 4.79 Å². The second-order valence-electron chi connectivity index (χ2n) is 7.38. The molecule has 0 radical (unpaired) electrons. The minimum Gasteiger partial charge on any atom is -0.481 e. The highest BCUT2D eigenvalue weighted by Crippen LogP contribution is 2.35. The van der Waals surface area contributed by atoms with E-state index in [2.05, 4.69) is 10.2 Å². The second-order valence-corrected chi connectivity index (χ2v) is 7.38. The molecule has 1 saturated heterocycles. The van der Waals surface area contributed by atoms with E-state index in [1.54, 1.807) is 42.3 Å². The summed E-state index contributed by atoms with van der Waals surface area (Å²) < 4.78 is 26.0. The summed E-state index contributed by atoms with van der Waals surface area (Å²) in [4.78, 5) is 15.4. The van der Waals surface area contributed by atoms with Crippen LogP contribution in [-0.2, 0) is 9.53 Å². The van der Waals surface area contributed by atoms with Crippen molar-refractivity contribution in [3.05, 3.63) is 42.2 Å². The van der Waals surface area contributed by atoms with Crippen molar-refractivity contribution in [2.45, 2.75) is 26.1 Å². The second kappa shape index (κ2) is 7.31. The molecule has 2 atom stereocenters. The Kier molecular flexibility index (Phi) is 4.85. The summed E-state index contributed by atoms with van der Waals surface area (Å²) in [6, 6.07) is 10.6. The number of benzene rings is 2. The summed E-state index contributed by atoms with van der Waals surface area (Å²) in [5.74, 6) is 0.178. The summed E-state index contributed by atoms with van der Waals surface area (Å²) in [7, 11) is 1.71. The molecule has 1 amide bonds. The summed E-state index contributed by atoms with van der Waals surface area (Å²) >= 11 is 0. The third kappa shape index (κ3) is 3.62. The molecule has 0 aliphatic carbocycles. The third-order valence-electron chi connectivity index (χ3n) is 5.06. The maximum Gasteiger partial charge on any atom is 0.264 e. The molecule has 0 aromatic heterocycles. The standard InChI is InChI=1S/C21H24FN3O3/c1-13-10-25(11-14(2)28-13)16-5-6-18(17(22)9-16)23-15-4-7-19-20(8-15)27-12-21(26)24(19)3/h4-9,13-14,23H,10-12H2,1-3H3. The number of morpholine rings is 1. The number of amides is 1. The molecule has 2 heterocycles. The Balaban J connectivity index is 1.52. The highest BCUT2D eigenvalue weighted by Gasteiger charge is 2.24. The molecule has 1 fully saturated rings. The predicted octanol–water partition coefficient (Wildman–Crippen LogP) is 3.54. The van der Waals surface area contributed by atoms with Crippen molar-refractivity contribution in [3.63, 3.8) is 0 Å². The molecule has 7 heteroatoms. The lowest BCUT2D eigenvalue weighted by molar-refractivity contribution is -0.120. The maximum atomic E-state index is 14.7. The van der Waals surface area contributed by atoms with E-state index >= 15 is 0 Å². The molecule has 2 aliphatic heterocycles. The lowest BCUT2D eigenvalue weighted by Crippen LogP contribution is -2.45. The quantitative estimate of drug-likeness (QED) is 0.876. The zero-order valence-electron chi connectivity index (χ0n) is 16.2. The van der Waals surface area contributed by atoms with Crippen LogP contribution in [0.25, 0.3) is 0 Å². The molecular weight excluding hydrogens is 361 g/mol. The van der Waals surface area contributed by atoms with E-state index < -0.39 is 0 Å². The molecule has 2 aliphatic rings. The SMILES string of the molecule is CC1CN(c2ccc(Nc3ccc4c(c3)OCC(=O)N4C)c(F)c2)CC(C)O1. The molecule has 2 aromatic carbocycles. The number of halogens is 1. The number of nitrogens with zero attached hydrogens (tertiary/aromatic N) is 2. The molecule has 0 spiro atoms. The van der Waals surface area contributed by atoms with Crippen LogP contribution in [-0.4, -0.2) is 44.9 Å². The molecule has 6 nitrogen and oxygen atoms in total. The van der Waals surface area contributed by atoms with Gasteiger partial charge in [0, 0.05) is 37.6 Å². The Morgan fingerprint density at radius 1 is 1.11 bits per heavy atom. The highest BCUT2D eigenvalue weighted by atomic mass is 19.1. The minimum absolute atomic E-state index is 0.00635. The van der Waals surface area contributed by atoms with Crippen LogP contribution in [0.15, 0.2) is 36.4 Å². The Bertz CT molecular complexity index is 894. The maximum absolute atomic E-state index is 14.7. The van der Waals surface area contributed by atoms with Crippen LogP contribution in [0.3, 0.4) is 0 Å². The smallest absolute Gasteiger partial charge is 0.264 e. The van der Waals surface area contributed by atoms with Gasteiger partial charge in [-0.2, -0.15) is 0 Å². The number of nitrogens with one attached hydrogen (secondary N) is 1. The number of anilines is 4. The predicted molar refractivity (Wildman–Crippen MR) is 107 cm³/mol. The Morgan fingerprint density at radius 2 is 1.86 bits per heavy atom. The van der Waals surface area contributed by atoms with E-state index in [9.17, 15) is 9.18 Å². The average molecular weight is 385 g/mol. The Morgan fingerprint density at radius 3 is 2.57 bits per heavy atom. The van der Waals surface area contributed by atoms with Crippen molar-refractivity contribution in [3.8, 4) is 5.75 Å². The van der Waals surface area contributed by atoms with Gasteiger partial charge in [0.1, 0.15) is 11.6 Å². The van der Waals surface area contributed by atoms with Gasteiger partial charge in [0.15, 0.2) is 6.61 Å². The molecule has 2 aromatic rings. The van der Waals surface area contributed by atoms with Crippen molar-refractivity contribution in [2.75, 3.05) is 41.9 Å². The number of hydrogen-bond acceptors (Lipinski definition) is 5. The van der Waals surface area contributed by atoms with Gasteiger partial charge in [0.2, 0.25) is 0 Å². The summed E-state index contributed by atoms with van der Waals surface area (Å²) in [5.41, 5.74) is 2.63. The molecule has 1 N–H and O–H groups in total. The van der Waals surface area contributed by atoms with Crippen LogP contribution >= 0.6 is 0 Å². The first-order valence-electron chi connectivity index (χ1n) is 9.41. The van der Waals surface area contributed by atoms with Gasteiger partial charge in [0.25, 0.3) is 5.91 Å². The van der Waals surface area contributed by atoms with Crippen molar-refractivity contribution in [1.82, 2.24) is 0 Å². The lowest BCUT2D eigenvalue weighted by Gasteiger charge is -2.37. The normalized spacial score (nSPS) is 21.9. The average Bonchev–Trinajstić information content (AvgIpc) is 2.66. The van der Waals surface area contributed by atoms with Crippen LogP contribution in [0.1, 0.15) is 13.8 Å². The molecule has 0 bridgehead atoms. The molecule has 0 saturated carbocycles. The number of likely N-dealkylation sites (N-methyl/N-ethyl adjacent to an activating group) is 1. The summed E-state index contributed by atoms with van der Waals surface area (Å²) in [5, 5.41) is 3.09. The van der Waals surface area contributed by atoms with Crippen LogP contribution in [0.2, 0.25) is 0 Å². The van der Waals surface area contributed by atoms with Gasteiger partial charge in [-0.25, -0.2) is 4.39 Å². The zero-order chi connectivity index (χ0) is 19.8. The van der Waals surface area contributed by atoms with Crippen LogP contribution in [0, 0.1) is 5.82 Å². The number of carbonyl (C=O) groups excluding carboxylic acids is 1. The van der Waals surface area contributed by atoms with Crippen molar-refractivity contribution < 1.29 is 18.7 Å². The van der Waals surface area contributed by atoms with E-state index in [0.717, 1.165) is 18.8 Å². The van der Waals surface area contributed by atoms with E-state index in [1.807, 2.05) is 19.9 Å². The number of ether oxygens (including phenoxy) is 2. The highest BCUT2D eigenvalue weighted by molar-refractivity contribution is 5.97. The number of hydrogen-bond donors (Lipinski definition) is 1.